The Hall–Kier alpha value is -2.53. The Bertz CT molecular complexity index is 1030. The van der Waals surface area contributed by atoms with E-state index in [1.54, 1.807) is 18.5 Å². The number of para-hydroxylation sites is 1. The average Bonchev–Trinajstić information content (AvgIpc) is 2.84. The highest BCUT2D eigenvalue weighted by Crippen LogP contribution is 2.26. The maximum Gasteiger partial charge on any atom is 0.182 e. The first-order valence-corrected chi connectivity index (χ1v) is 6.89. The molecule has 3 nitrogen and oxygen atoms in total. The number of nitrogens with one attached hydrogen (secondary N) is 1. The standard InChI is InChI=1S/C16H10FN3S/c17-12-4-2-6-14-15(12)19-16(21)20(14)13-5-1-3-10-9-18-8-7-11(10)13/h1-9H,(H,19,21). The summed E-state index contributed by atoms with van der Waals surface area (Å²) in [6.45, 7) is 0. The summed E-state index contributed by atoms with van der Waals surface area (Å²) in [4.78, 5) is 7.08. The Morgan fingerprint density at radius 2 is 1.95 bits per heavy atom. The number of benzene rings is 2. The van der Waals surface area contributed by atoms with E-state index in [0.29, 0.717) is 10.3 Å². The lowest BCUT2D eigenvalue weighted by Crippen LogP contribution is -1.95. The molecular formula is C16H10FN3S. The number of rotatable bonds is 1. The molecule has 0 unspecified atom stereocenters. The van der Waals surface area contributed by atoms with E-state index < -0.39 is 0 Å². The number of hydrogen-bond acceptors (Lipinski definition) is 2. The van der Waals surface area contributed by atoms with Crippen LogP contribution in [-0.4, -0.2) is 14.5 Å². The Balaban J connectivity index is 2.17. The van der Waals surface area contributed by atoms with Gasteiger partial charge in [-0.2, -0.15) is 0 Å². The normalized spacial score (nSPS) is 11.3. The second kappa shape index (κ2) is 4.49. The summed E-state index contributed by atoms with van der Waals surface area (Å²) in [5.74, 6) is -0.306. The van der Waals surface area contributed by atoms with E-state index in [1.807, 2.05) is 34.9 Å². The number of pyridine rings is 1. The van der Waals surface area contributed by atoms with Gasteiger partial charge in [-0.3, -0.25) is 9.55 Å². The molecule has 0 aliphatic rings. The van der Waals surface area contributed by atoms with E-state index in [-0.39, 0.29) is 5.82 Å². The Labute approximate surface area is 124 Å². The molecule has 4 aromatic rings. The molecule has 0 aliphatic heterocycles. The summed E-state index contributed by atoms with van der Waals surface area (Å²) in [6, 6.07) is 12.8. The lowest BCUT2D eigenvalue weighted by atomic mass is 10.1. The number of H-pyrrole nitrogens is 1. The van der Waals surface area contributed by atoms with Crippen LogP contribution in [0.4, 0.5) is 4.39 Å². The van der Waals surface area contributed by atoms with Gasteiger partial charge in [0.05, 0.1) is 11.2 Å². The van der Waals surface area contributed by atoms with Crippen molar-refractivity contribution in [2.75, 3.05) is 0 Å². The molecule has 4 rings (SSSR count). The largest absolute Gasteiger partial charge is 0.328 e. The van der Waals surface area contributed by atoms with E-state index in [0.717, 1.165) is 22.0 Å². The van der Waals surface area contributed by atoms with E-state index in [2.05, 4.69) is 9.97 Å². The summed E-state index contributed by atoms with van der Waals surface area (Å²) < 4.78 is 16.2. The lowest BCUT2D eigenvalue weighted by molar-refractivity contribution is 0.637. The van der Waals surface area contributed by atoms with E-state index in [1.165, 1.54) is 6.07 Å². The molecule has 0 radical (unpaired) electrons. The van der Waals surface area contributed by atoms with Crippen LogP contribution in [0.5, 0.6) is 0 Å². The Morgan fingerprint density at radius 3 is 2.86 bits per heavy atom. The van der Waals surface area contributed by atoms with Crippen molar-refractivity contribution in [1.82, 2.24) is 14.5 Å². The molecule has 0 amide bonds. The zero-order valence-corrected chi connectivity index (χ0v) is 11.7. The highest BCUT2D eigenvalue weighted by molar-refractivity contribution is 7.71. The minimum atomic E-state index is -0.306. The molecule has 0 fully saturated rings. The zero-order chi connectivity index (χ0) is 14.4. The molecule has 0 bridgehead atoms. The van der Waals surface area contributed by atoms with Gasteiger partial charge in [0, 0.05) is 23.2 Å². The van der Waals surface area contributed by atoms with Crippen molar-refractivity contribution < 1.29 is 4.39 Å². The third-order valence-electron chi connectivity index (χ3n) is 3.57. The average molecular weight is 295 g/mol. The van der Waals surface area contributed by atoms with Crippen molar-refractivity contribution in [1.29, 1.82) is 0 Å². The first-order valence-electron chi connectivity index (χ1n) is 6.48. The molecule has 0 atom stereocenters. The van der Waals surface area contributed by atoms with Crippen LogP contribution in [0.3, 0.4) is 0 Å². The maximum atomic E-state index is 13.9. The molecule has 2 aromatic heterocycles. The van der Waals surface area contributed by atoms with Crippen molar-refractivity contribution in [2.45, 2.75) is 0 Å². The van der Waals surface area contributed by atoms with Crippen LogP contribution in [0.25, 0.3) is 27.5 Å². The van der Waals surface area contributed by atoms with Gasteiger partial charge in [-0.05, 0) is 36.5 Å². The SMILES string of the molecule is Fc1cccc2c1[nH]c(=S)n2-c1cccc2cnccc12. The van der Waals surface area contributed by atoms with Crippen LogP contribution in [0, 0.1) is 10.6 Å². The van der Waals surface area contributed by atoms with Crippen molar-refractivity contribution in [2.24, 2.45) is 0 Å². The van der Waals surface area contributed by atoms with E-state index in [4.69, 9.17) is 12.2 Å². The minimum absolute atomic E-state index is 0.306. The predicted octanol–water partition coefficient (Wildman–Crippen LogP) is 4.38. The number of imidazole rings is 1. The van der Waals surface area contributed by atoms with Crippen molar-refractivity contribution >= 4 is 34.0 Å². The number of aromatic amines is 1. The zero-order valence-electron chi connectivity index (χ0n) is 10.9. The molecule has 0 aliphatic carbocycles. The molecule has 5 heteroatoms. The van der Waals surface area contributed by atoms with Crippen LogP contribution in [0.1, 0.15) is 0 Å². The minimum Gasteiger partial charge on any atom is -0.328 e. The van der Waals surface area contributed by atoms with Gasteiger partial charge in [-0.1, -0.05) is 18.2 Å². The van der Waals surface area contributed by atoms with Crippen molar-refractivity contribution in [3.05, 3.63) is 65.4 Å². The molecule has 2 aromatic carbocycles. The molecule has 0 saturated heterocycles. The highest BCUT2D eigenvalue weighted by atomic mass is 32.1. The Morgan fingerprint density at radius 1 is 1.10 bits per heavy atom. The number of fused-ring (bicyclic) bond motifs is 2. The van der Waals surface area contributed by atoms with Crippen molar-refractivity contribution in [3.8, 4) is 5.69 Å². The summed E-state index contributed by atoms with van der Waals surface area (Å²) in [5, 5.41) is 2.04. The third kappa shape index (κ3) is 1.78. The summed E-state index contributed by atoms with van der Waals surface area (Å²) in [7, 11) is 0. The summed E-state index contributed by atoms with van der Waals surface area (Å²) in [5.41, 5.74) is 2.06. The number of aromatic nitrogens is 3. The lowest BCUT2D eigenvalue weighted by Gasteiger charge is -2.08. The van der Waals surface area contributed by atoms with E-state index in [9.17, 15) is 4.39 Å². The predicted molar refractivity (Wildman–Crippen MR) is 83.7 cm³/mol. The summed E-state index contributed by atoms with van der Waals surface area (Å²) in [6.07, 6.45) is 3.54. The quantitative estimate of drug-likeness (QED) is 0.529. The van der Waals surface area contributed by atoms with Gasteiger partial charge in [0.2, 0.25) is 0 Å². The maximum absolute atomic E-state index is 13.9. The van der Waals surface area contributed by atoms with Gasteiger partial charge in [0.25, 0.3) is 0 Å². The molecule has 102 valence electrons. The fraction of sp³-hybridized carbons (Fsp3) is 0. The second-order valence-electron chi connectivity index (χ2n) is 4.77. The van der Waals surface area contributed by atoms with Crippen LogP contribution in [0.2, 0.25) is 0 Å². The molecular weight excluding hydrogens is 285 g/mol. The fourth-order valence-electron chi connectivity index (χ4n) is 2.63. The Kier molecular flexibility index (Phi) is 2.62. The number of hydrogen-bond donors (Lipinski definition) is 1. The smallest absolute Gasteiger partial charge is 0.182 e. The summed E-state index contributed by atoms with van der Waals surface area (Å²) >= 11 is 5.38. The first kappa shape index (κ1) is 12.2. The van der Waals surface area contributed by atoms with Crippen LogP contribution in [0.15, 0.2) is 54.9 Å². The van der Waals surface area contributed by atoms with Crippen molar-refractivity contribution in [3.63, 3.8) is 0 Å². The highest BCUT2D eigenvalue weighted by Gasteiger charge is 2.11. The molecule has 0 saturated carbocycles. The van der Waals surface area contributed by atoms with Crippen LogP contribution < -0.4 is 0 Å². The molecule has 1 N–H and O–H groups in total. The van der Waals surface area contributed by atoms with Gasteiger partial charge in [-0.15, -0.1) is 0 Å². The third-order valence-corrected chi connectivity index (χ3v) is 3.85. The monoisotopic (exact) mass is 295 g/mol. The van der Waals surface area contributed by atoms with Crippen LogP contribution in [-0.2, 0) is 0 Å². The van der Waals surface area contributed by atoms with Gasteiger partial charge in [0.15, 0.2) is 4.77 Å². The van der Waals surface area contributed by atoms with Gasteiger partial charge < -0.3 is 4.98 Å². The number of nitrogens with zero attached hydrogens (tertiary/aromatic N) is 2. The fourth-order valence-corrected chi connectivity index (χ4v) is 2.93. The topological polar surface area (TPSA) is 33.6 Å². The first-order chi connectivity index (χ1) is 10.3. The van der Waals surface area contributed by atoms with Gasteiger partial charge >= 0.3 is 0 Å². The van der Waals surface area contributed by atoms with Crippen LogP contribution >= 0.6 is 12.2 Å². The molecule has 0 spiro atoms. The second-order valence-corrected chi connectivity index (χ2v) is 5.16. The van der Waals surface area contributed by atoms with E-state index >= 15 is 0 Å². The van der Waals surface area contributed by atoms with Gasteiger partial charge in [0.1, 0.15) is 11.3 Å². The molecule has 21 heavy (non-hydrogen) atoms. The molecule has 2 heterocycles. The number of halogens is 1. The van der Waals surface area contributed by atoms with Gasteiger partial charge in [-0.25, -0.2) is 4.39 Å².